The fourth-order valence-electron chi connectivity index (χ4n) is 3.63. The highest BCUT2D eigenvalue weighted by molar-refractivity contribution is 8.26. The van der Waals surface area contributed by atoms with Crippen molar-refractivity contribution in [3.63, 3.8) is 0 Å². The third kappa shape index (κ3) is 4.32. The SMILES string of the molecule is COCCCN1C(=O)C(=C2C(=O)N(CC(=O)Nc3ccccc3)c3ccccc32)SC1=S. The molecule has 9 heteroatoms. The third-order valence-corrected chi connectivity index (χ3v) is 6.54. The molecular weight excluding hydrogens is 446 g/mol. The van der Waals surface area contributed by atoms with Crippen LogP contribution in [-0.2, 0) is 19.1 Å². The number of ether oxygens (including phenoxy) is 1. The molecule has 0 radical (unpaired) electrons. The summed E-state index contributed by atoms with van der Waals surface area (Å²) >= 11 is 6.52. The Bertz CT molecular complexity index is 1120. The van der Waals surface area contributed by atoms with Gasteiger partial charge in [-0.1, -0.05) is 60.4 Å². The molecule has 0 bridgehead atoms. The Morgan fingerprint density at radius 1 is 1.03 bits per heavy atom. The quantitative estimate of drug-likeness (QED) is 0.383. The van der Waals surface area contributed by atoms with E-state index in [-0.39, 0.29) is 24.3 Å². The van der Waals surface area contributed by atoms with Gasteiger partial charge < -0.3 is 10.1 Å². The molecule has 0 unspecified atom stereocenters. The highest BCUT2D eigenvalue weighted by Gasteiger charge is 2.42. The minimum absolute atomic E-state index is 0.164. The maximum absolute atomic E-state index is 13.4. The van der Waals surface area contributed by atoms with Gasteiger partial charge in [-0.15, -0.1) is 0 Å². The number of hydrogen-bond acceptors (Lipinski definition) is 6. The first-order valence-electron chi connectivity index (χ1n) is 10.0. The van der Waals surface area contributed by atoms with Gasteiger partial charge in [-0.05, 0) is 24.6 Å². The van der Waals surface area contributed by atoms with Crippen LogP contribution < -0.4 is 10.2 Å². The average molecular weight is 468 g/mol. The van der Waals surface area contributed by atoms with Crippen molar-refractivity contribution in [3.05, 3.63) is 65.1 Å². The van der Waals surface area contributed by atoms with Gasteiger partial charge in [-0.2, -0.15) is 0 Å². The highest BCUT2D eigenvalue weighted by atomic mass is 32.2. The van der Waals surface area contributed by atoms with Crippen molar-refractivity contribution < 1.29 is 19.1 Å². The first kappa shape index (κ1) is 22.2. The van der Waals surface area contributed by atoms with Crippen LogP contribution in [0.1, 0.15) is 12.0 Å². The Hall–Kier alpha value is -3.01. The number of carbonyl (C=O) groups excluding carboxylic acids is 3. The van der Waals surface area contributed by atoms with Crippen molar-refractivity contribution in [2.24, 2.45) is 0 Å². The number of anilines is 2. The number of amides is 3. The van der Waals surface area contributed by atoms with E-state index in [9.17, 15) is 14.4 Å². The molecule has 0 aliphatic carbocycles. The molecule has 0 spiro atoms. The van der Waals surface area contributed by atoms with Crippen LogP contribution in [0.2, 0.25) is 0 Å². The van der Waals surface area contributed by atoms with Crippen LogP contribution in [0.5, 0.6) is 0 Å². The van der Waals surface area contributed by atoms with E-state index in [4.69, 9.17) is 17.0 Å². The van der Waals surface area contributed by atoms with Crippen LogP contribution in [0, 0.1) is 0 Å². The van der Waals surface area contributed by atoms with Gasteiger partial charge in [0.25, 0.3) is 11.8 Å². The largest absolute Gasteiger partial charge is 0.385 e. The number of para-hydroxylation sites is 2. The molecule has 0 saturated carbocycles. The standard InChI is InChI=1S/C23H21N3O4S2/c1-30-13-7-12-25-22(29)20(32-23(25)31)19-16-10-5-6-11-17(16)26(21(19)28)14-18(27)24-15-8-3-2-4-9-15/h2-6,8-11H,7,12-14H2,1H3,(H,24,27). The van der Waals surface area contributed by atoms with Gasteiger partial charge in [0.1, 0.15) is 10.9 Å². The Labute approximate surface area is 195 Å². The van der Waals surface area contributed by atoms with Gasteiger partial charge in [-0.25, -0.2) is 0 Å². The fourth-order valence-corrected chi connectivity index (χ4v) is 5.01. The minimum atomic E-state index is -0.383. The lowest BCUT2D eigenvalue weighted by Gasteiger charge is -2.16. The van der Waals surface area contributed by atoms with Gasteiger partial charge in [0, 0.05) is 31.5 Å². The van der Waals surface area contributed by atoms with E-state index in [0.717, 1.165) is 11.8 Å². The molecule has 7 nitrogen and oxygen atoms in total. The summed E-state index contributed by atoms with van der Waals surface area (Å²) in [6.07, 6.45) is 0.641. The zero-order chi connectivity index (χ0) is 22.7. The van der Waals surface area contributed by atoms with E-state index in [2.05, 4.69) is 5.32 Å². The summed E-state index contributed by atoms with van der Waals surface area (Å²) in [6, 6.07) is 16.2. The molecule has 1 saturated heterocycles. The molecular formula is C23H21N3O4S2. The van der Waals surface area contributed by atoms with E-state index >= 15 is 0 Å². The molecule has 2 aliphatic heterocycles. The van der Waals surface area contributed by atoms with E-state index in [0.29, 0.717) is 51.3 Å². The van der Waals surface area contributed by atoms with E-state index in [1.807, 2.05) is 18.2 Å². The van der Waals surface area contributed by atoms with Crippen LogP contribution in [0.4, 0.5) is 11.4 Å². The molecule has 2 aromatic carbocycles. The molecule has 164 valence electrons. The second-order valence-electron chi connectivity index (χ2n) is 7.20. The maximum atomic E-state index is 13.4. The predicted molar refractivity (Wildman–Crippen MR) is 129 cm³/mol. The van der Waals surface area contributed by atoms with Gasteiger partial charge >= 0.3 is 0 Å². The number of fused-ring (bicyclic) bond motifs is 1. The van der Waals surface area contributed by atoms with Gasteiger partial charge in [-0.3, -0.25) is 24.2 Å². The number of methoxy groups -OCH3 is 1. The number of rotatable bonds is 7. The first-order valence-corrected chi connectivity index (χ1v) is 11.3. The Balaban J connectivity index is 1.61. The second kappa shape index (κ2) is 9.64. The summed E-state index contributed by atoms with van der Waals surface area (Å²) in [5.74, 6) is -0.996. The number of benzene rings is 2. The number of thioether (sulfide) groups is 1. The number of hydrogen-bond donors (Lipinski definition) is 1. The maximum Gasteiger partial charge on any atom is 0.267 e. The lowest BCUT2D eigenvalue weighted by molar-refractivity contribution is -0.122. The molecule has 2 aliphatic rings. The molecule has 2 heterocycles. The minimum Gasteiger partial charge on any atom is -0.385 e. The van der Waals surface area contributed by atoms with Crippen molar-refractivity contribution in [1.82, 2.24) is 4.90 Å². The molecule has 2 aromatic rings. The Morgan fingerprint density at radius 2 is 1.75 bits per heavy atom. The predicted octanol–water partition coefficient (Wildman–Crippen LogP) is 3.28. The summed E-state index contributed by atoms with van der Waals surface area (Å²) in [5, 5.41) is 2.79. The van der Waals surface area contributed by atoms with Crippen LogP contribution in [0.15, 0.2) is 59.5 Å². The van der Waals surface area contributed by atoms with Crippen molar-refractivity contribution >= 4 is 63.0 Å². The lowest BCUT2D eigenvalue weighted by Crippen LogP contribution is -2.35. The average Bonchev–Trinajstić information content (AvgIpc) is 3.22. The van der Waals surface area contributed by atoms with Crippen molar-refractivity contribution in [2.75, 3.05) is 37.0 Å². The van der Waals surface area contributed by atoms with Crippen molar-refractivity contribution in [3.8, 4) is 0 Å². The van der Waals surface area contributed by atoms with Crippen molar-refractivity contribution in [2.45, 2.75) is 6.42 Å². The van der Waals surface area contributed by atoms with E-state index in [1.54, 1.807) is 43.5 Å². The van der Waals surface area contributed by atoms with Crippen LogP contribution in [0.3, 0.4) is 0 Å². The van der Waals surface area contributed by atoms with E-state index in [1.165, 1.54) is 9.80 Å². The van der Waals surface area contributed by atoms with Crippen LogP contribution >= 0.6 is 24.0 Å². The van der Waals surface area contributed by atoms with Crippen molar-refractivity contribution in [1.29, 1.82) is 0 Å². The van der Waals surface area contributed by atoms with Gasteiger partial charge in [0.05, 0.1) is 16.2 Å². The summed E-state index contributed by atoms with van der Waals surface area (Å²) < 4.78 is 5.47. The Kier molecular flexibility index (Phi) is 6.69. The molecule has 0 atom stereocenters. The number of nitrogens with one attached hydrogen (secondary N) is 1. The number of carbonyl (C=O) groups is 3. The second-order valence-corrected chi connectivity index (χ2v) is 8.84. The summed E-state index contributed by atoms with van der Waals surface area (Å²) in [6.45, 7) is 0.770. The lowest BCUT2D eigenvalue weighted by atomic mass is 10.1. The highest BCUT2D eigenvalue weighted by Crippen LogP contribution is 2.44. The normalized spacial score (nSPS) is 17.8. The zero-order valence-corrected chi connectivity index (χ0v) is 19.0. The van der Waals surface area contributed by atoms with Crippen LogP contribution in [0.25, 0.3) is 5.57 Å². The topological polar surface area (TPSA) is 79.0 Å². The summed E-state index contributed by atoms with van der Waals surface area (Å²) in [7, 11) is 1.60. The zero-order valence-electron chi connectivity index (χ0n) is 17.4. The summed E-state index contributed by atoms with van der Waals surface area (Å²) in [5.41, 5.74) is 2.16. The monoisotopic (exact) mass is 467 g/mol. The van der Waals surface area contributed by atoms with E-state index < -0.39 is 0 Å². The van der Waals surface area contributed by atoms with Crippen LogP contribution in [-0.4, -0.2) is 53.7 Å². The number of nitrogens with zero attached hydrogens (tertiary/aromatic N) is 2. The Morgan fingerprint density at radius 3 is 2.50 bits per heavy atom. The molecule has 3 amide bonds. The molecule has 4 rings (SSSR count). The summed E-state index contributed by atoms with van der Waals surface area (Å²) in [4.78, 5) is 42.3. The molecule has 1 fully saturated rings. The fraction of sp³-hybridized carbons (Fsp3) is 0.217. The molecule has 0 aromatic heterocycles. The smallest absolute Gasteiger partial charge is 0.267 e. The van der Waals surface area contributed by atoms with Gasteiger partial charge in [0.2, 0.25) is 5.91 Å². The third-order valence-electron chi connectivity index (χ3n) is 5.09. The number of thiocarbonyl (C=S) groups is 1. The van der Waals surface area contributed by atoms with Gasteiger partial charge in [0.15, 0.2) is 0 Å². The first-order chi connectivity index (χ1) is 15.5. The molecule has 1 N–H and O–H groups in total. The molecule has 32 heavy (non-hydrogen) atoms.